The van der Waals surface area contributed by atoms with Crippen molar-refractivity contribution in [1.82, 2.24) is 14.9 Å². The minimum atomic E-state index is -0.527. The molecule has 0 aliphatic rings. The van der Waals surface area contributed by atoms with Gasteiger partial charge in [-0.3, -0.25) is 9.88 Å². The van der Waals surface area contributed by atoms with Crippen LogP contribution in [0.25, 0.3) is 5.82 Å². The van der Waals surface area contributed by atoms with Gasteiger partial charge in [0.2, 0.25) is 0 Å². The van der Waals surface area contributed by atoms with Gasteiger partial charge in [0.15, 0.2) is 0 Å². The van der Waals surface area contributed by atoms with E-state index in [9.17, 15) is 4.79 Å². The van der Waals surface area contributed by atoms with Gasteiger partial charge in [0.25, 0.3) is 0 Å². The number of imidazole rings is 1. The monoisotopic (exact) mass is 209 g/mol. The van der Waals surface area contributed by atoms with Crippen LogP contribution >= 0.6 is 0 Å². The normalized spacial score (nSPS) is 10.9. The molecule has 1 aromatic rings. The molecule has 0 aromatic carbocycles. The third-order valence-electron chi connectivity index (χ3n) is 1.46. The SMILES string of the molecule is C=C(NC(=O)OC(C)(C)C)n1ccnc1. The van der Waals surface area contributed by atoms with E-state index in [0.717, 1.165) is 0 Å². The first-order valence-electron chi connectivity index (χ1n) is 4.56. The summed E-state index contributed by atoms with van der Waals surface area (Å²) in [6, 6.07) is 0. The molecule has 1 heterocycles. The molecule has 82 valence electrons. The molecule has 0 radical (unpaired) electrons. The van der Waals surface area contributed by atoms with Crippen LogP contribution in [0.5, 0.6) is 0 Å². The largest absolute Gasteiger partial charge is 0.444 e. The lowest BCUT2D eigenvalue weighted by molar-refractivity contribution is 0.0555. The second-order valence-corrected chi connectivity index (χ2v) is 4.04. The van der Waals surface area contributed by atoms with Gasteiger partial charge in [0.05, 0.1) is 0 Å². The number of hydrogen-bond donors (Lipinski definition) is 1. The van der Waals surface area contributed by atoms with Crippen LogP contribution in [-0.2, 0) is 4.74 Å². The Morgan fingerprint density at radius 1 is 1.53 bits per heavy atom. The lowest BCUT2D eigenvalue weighted by Crippen LogP contribution is -2.32. The maximum absolute atomic E-state index is 11.3. The Labute approximate surface area is 88.8 Å². The Bertz CT molecular complexity index is 349. The van der Waals surface area contributed by atoms with E-state index in [0.29, 0.717) is 5.82 Å². The van der Waals surface area contributed by atoms with Gasteiger partial charge in [0, 0.05) is 12.4 Å². The summed E-state index contributed by atoms with van der Waals surface area (Å²) in [6.07, 6.45) is 4.29. The van der Waals surface area contributed by atoms with E-state index in [1.807, 2.05) is 0 Å². The molecule has 0 aliphatic carbocycles. The van der Waals surface area contributed by atoms with Crippen LogP contribution in [0.1, 0.15) is 20.8 Å². The van der Waals surface area contributed by atoms with Crippen molar-refractivity contribution < 1.29 is 9.53 Å². The number of ether oxygens (including phenoxy) is 1. The molecule has 1 rings (SSSR count). The Morgan fingerprint density at radius 3 is 2.67 bits per heavy atom. The fraction of sp³-hybridized carbons (Fsp3) is 0.400. The van der Waals surface area contributed by atoms with E-state index in [1.165, 1.54) is 0 Å². The third kappa shape index (κ3) is 3.84. The van der Waals surface area contributed by atoms with Crippen molar-refractivity contribution >= 4 is 11.9 Å². The summed E-state index contributed by atoms with van der Waals surface area (Å²) in [7, 11) is 0. The van der Waals surface area contributed by atoms with Gasteiger partial charge in [-0.25, -0.2) is 9.78 Å². The smallest absolute Gasteiger partial charge is 0.413 e. The van der Waals surface area contributed by atoms with Crippen molar-refractivity contribution in [3.63, 3.8) is 0 Å². The first-order valence-corrected chi connectivity index (χ1v) is 4.56. The molecule has 5 heteroatoms. The van der Waals surface area contributed by atoms with Gasteiger partial charge in [-0.05, 0) is 20.8 Å². The number of alkyl carbamates (subject to hydrolysis) is 1. The Kier molecular flexibility index (Phi) is 3.14. The van der Waals surface area contributed by atoms with E-state index < -0.39 is 11.7 Å². The number of nitrogens with one attached hydrogen (secondary N) is 1. The van der Waals surface area contributed by atoms with E-state index >= 15 is 0 Å². The zero-order valence-electron chi connectivity index (χ0n) is 9.15. The van der Waals surface area contributed by atoms with Crippen molar-refractivity contribution in [2.45, 2.75) is 26.4 Å². The molecule has 0 spiro atoms. The zero-order chi connectivity index (χ0) is 11.5. The van der Waals surface area contributed by atoms with Crippen LogP contribution in [0.3, 0.4) is 0 Å². The number of carbonyl (C=O) groups excluding carboxylic acids is 1. The third-order valence-corrected chi connectivity index (χ3v) is 1.46. The summed E-state index contributed by atoms with van der Waals surface area (Å²) in [6.45, 7) is 9.07. The number of rotatable bonds is 2. The highest BCUT2D eigenvalue weighted by Crippen LogP contribution is 2.07. The Hall–Kier alpha value is -1.78. The molecule has 0 unspecified atom stereocenters. The number of hydrogen-bond acceptors (Lipinski definition) is 3. The first kappa shape index (κ1) is 11.3. The number of aromatic nitrogens is 2. The maximum Gasteiger partial charge on any atom is 0.413 e. The number of carbonyl (C=O) groups is 1. The molecule has 1 aromatic heterocycles. The molecule has 1 amide bonds. The molecule has 0 aliphatic heterocycles. The second-order valence-electron chi connectivity index (χ2n) is 4.04. The highest BCUT2D eigenvalue weighted by molar-refractivity contribution is 5.75. The van der Waals surface area contributed by atoms with Crippen molar-refractivity contribution in [3.05, 3.63) is 25.3 Å². The lowest BCUT2D eigenvalue weighted by atomic mass is 10.2. The van der Waals surface area contributed by atoms with Crippen molar-refractivity contribution in [2.24, 2.45) is 0 Å². The predicted octanol–water partition coefficient (Wildman–Crippen LogP) is 1.84. The van der Waals surface area contributed by atoms with E-state index in [-0.39, 0.29) is 0 Å². The van der Waals surface area contributed by atoms with Crippen molar-refractivity contribution in [3.8, 4) is 0 Å². The standard InChI is InChI=1S/C10H15N3O2/c1-8(13-6-5-11-7-13)12-9(14)15-10(2,3)4/h5-7H,1H2,2-4H3,(H,12,14). The molecule has 1 N–H and O–H groups in total. The topological polar surface area (TPSA) is 56.1 Å². The molecular formula is C10H15N3O2. The molecule has 15 heavy (non-hydrogen) atoms. The maximum atomic E-state index is 11.3. The van der Waals surface area contributed by atoms with Crippen LogP contribution in [0.4, 0.5) is 4.79 Å². The Balaban J connectivity index is 2.50. The second kappa shape index (κ2) is 4.16. The Morgan fingerprint density at radius 2 is 2.20 bits per heavy atom. The minimum Gasteiger partial charge on any atom is -0.444 e. The zero-order valence-corrected chi connectivity index (χ0v) is 9.15. The van der Waals surface area contributed by atoms with Gasteiger partial charge >= 0.3 is 6.09 Å². The van der Waals surface area contributed by atoms with Crippen LogP contribution in [0.15, 0.2) is 25.3 Å². The van der Waals surface area contributed by atoms with Crippen LogP contribution in [0.2, 0.25) is 0 Å². The predicted molar refractivity (Wildman–Crippen MR) is 56.9 cm³/mol. The van der Waals surface area contributed by atoms with Crippen LogP contribution < -0.4 is 5.32 Å². The summed E-state index contributed by atoms with van der Waals surface area (Å²) in [5.41, 5.74) is -0.515. The highest BCUT2D eigenvalue weighted by Gasteiger charge is 2.16. The van der Waals surface area contributed by atoms with Gasteiger partial charge in [-0.15, -0.1) is 0 Å². The van der Waals surface area contributed by atoms with E-state index in [1.54, 1.807) is 44.1 Å². The van der Waals surface area contributed by atoms with Crippen molar-refractivity contribution in [1.29, 1.82) is 0 Å². The number of nitrogens with zero attached hydrogens (tertiary/aromatic N) is 2. The van der Waals surface area contributed by atoms with Crippen LogP contribution in [-0.4, -0.2) is 21.2 Å². The highest BCUT2D eigenvalue weighted by atomic mass is 16.6. The molecular weight excluding hydrogens is 194 g/mol. The summed E-state index contributed by atoms with van der Waals surface area (Å²) in [5.74, 6) is 0.404. The fourth-order valence-electron chi connectivity index (χ4n) is 0.905. The van der Waals surface area contributed by atoms with Gasteiger partial charge < -0.3 is 4.74 Å². The molecule has 0 saturated heterocycles. The average molecular weight is 209 g/mol. The molecule has 0 atom stereocenters. The summed E-state index contributed by atoms with van der Waals surface area (Å²) >= 11 is 0. The van der Waals surface area contributed by atoms with Gasteiger partial charge in [-0.1, -0.05) is 6.58 Å². The van der Waals surface area contributed by atoms with E-state index in [2.05, 4.69) is 16.9 Å². The molecule has 5 nitrogen and oxygen atoms in total. The van der Waals surface area contributed by atoms with Crippen molar-refractivity contribution in [2.75, 3.05) is 0 Å². The summed E-state index contributed by atoms with van der Waals surface area (Å²) in [4.78, 5) is 15.2. The quantitative estimate of drug-likeness (QED) is 0.808. The van der Waals surface area contributed by atoms with Gasteiger partial charge in [0.1, 0.15) is 17.7 Å². The summed E-state index contributed by atoms with van der Waals surface area (Å²) < 4.78 is 6.65. The average Bonchev–Trinajstić information content (AvgIpc) is 2.50. The fourth-order valence-corrected chi connectivity index (χ4v) is 0.905. The van der Waals surface area contributed by atoms with Gasteiger partial charge in [-0.2, -0.15) is 0 Å². The number of amides is 1. The lowest BCUT2D eigenvalue weighted by Gasteiger charge is -2.20. The molecule has 0 saturated carbocycles. The molecule has 0 fully saturated rings. The van der Waals surface area contributed by atoms with E-state index in [4.69, 9.17) is 4.74 Å². The molecule has 0 bridgehead atoms. The minimum absolute atomic E-state index is 0.404. The first-order chi connectivity index (χ1) is 6.88. The summed E-state index contributed by atoms with van der Waals surface area (Å²) in [5, 5.41) is 2.51. The van der Waals surface area contributed by atoms with Crippen LogP contribution in [0, 0.1) is 0 Å².